The maximum atomic E-state index is 12.5. The van der Waals surface area contributed by atoms with Gasteiger partial charge in [0.1, 0.15) is 0 Å². The summed E-state index contributed by atoms with van der Waals surface area (Å²) in [7, 11) is 0. The molecular formula is C19H20N4O. The van der Waals surface area contributed by atoms with Crippen molar-refractivity contribution < 1.29 is 4.79 Å². The van der Waals surface area contributed by atoms with Crippen LogP contribution in [0.25, 0.3) is 0 Å². The molecule has 0 saturated heterocycles. The number of carbonyl (C=O) groups excluding carboxylic acids is 1. The van der Waals surface area contributed by atoms with Crippen molar-refractivity contribution in [2.24, 2.45) is 0 Å². The minimum absolute atomic E-state index is 0.102. The normalized spacial score (nSPS) is 10.5. The quantitative estimate of drug-likeness (QED) is 0.760. The Bertz CT molecular complexity index is 797. The number of rotatable bonds is 6. The van der Waals surface area contributed by atoms with Gasteiger partial charge in [0, 0.05) is 18.9 Å². The predicted molar refractivity (Wildman–Crippen MR) is 92.6 cm³/mol. The van der Waals surface area contributed by atoms with Crippen LogP contribution in [-0.2, 0) is 19.5 Å². The maximum absolute atomic E-state index is 12.5. The lowest BCUT2D eigenvalue weighted by atomic mass is 10.1. The second kappa shape index (κ2) is 7.55. The SMILES string of the molecule is CCc1c(C(=O)NCc2cccnc2)cnn1Cc1ccccc1. The molecule has 0 aliphatic rings. The molecule has 0 spiro atoms. The fourth-order valence-electron chi connectivity index (χ4n) is 2.65. The highest BCUT2D eigenvalue weighted by atomic mass is 16.1. The zero-order valence-corrected chi connectivity index (χ0v) is 13.6. The highest BCUT2D eigenvalue weighted by Gasteiger charge is 2.16. The second-order valence-electron chi connectivity index (χ2n) is 5.55. The minimum atomic E-state index is -0.102. The van der Waals surface area contributed by atoms with Gasteiger partial charge in [-0.05, 0) is 23.6 Å². The number of hydrogen-bond donors (Lipinski definition) is 1. The number of aromatic nitrogens is 3. The van der Waals surface area contributed by atoms with Gasteiger partial charge in [-0.2, -0.15) is 5.10 Å². The van der Waals surface area contributed by atoms with E-state index in [0.717, 1.165) is 23.2 Å². The Hall–Kier alpha value is -2.95. The molecule has 0 bridgehead atoms. The lowest BCUT2D eigenvalue weighted by molar-refractivity contribution is 0.0950. The first-order valence-corrected chi connectivity index (χ1v) is 8.03. The van der Waals surface area contributed by atoms with Crippen molar-refractivity contribution in [2.75, 3.05) is 0 Å². The van der Waals surface area contributed by atoms with Crippen LogP contribution in [0.15, 0.2) is 61.1 Å². The lowest BCUT2D eigenvalue weighted by Crippen LogP contribution is -2.24. The molecule has 1 N–H and O–H groups in total. The van der Waals surface area contributed by atoms with Crippen LogP contribution < -0.4 is 5.32 Å². The molecular weight excluding hydrogens is 300 g/mol. The van der Waals surface area contributed by atoms with Gasteiger partial charge in [-0.1, -0.05) is 43.3 Å². The van der Waals surface area contributed by atoms with Crippen molar-refractivity contribution in [3.8, 4) is 0 Å². The summed E-state index contributed by atoms with van der Waals surface area (Å²) in [6.45, 7) is 3.16. The van der Waals surface area contributed by atoms with Crippen LogP contribution in [0.1, 0.15) is 34.1 Å². The fraction of sp³-hybridized carbons (Fsp3) is 0.211. The number of nitrogens with one attached hydrogen (secondary N) is 1. The molecule has 3 aromatic rings. The molecule has 0 fully saturated rings. The van der Waals surface area contributed by atoms with Gasteiger partial charge >= 0.3 is 0 Å². The zero-order chi connectivity index (χ0) is 16.8. The van der Waals surface area contributed by atoms with Crippen LogP contribution in [-0.4, -0.2) is 20.7 Å². The molecule has 122 valence electrons. The van der Waals surface area contributed by atoms with E-state index in [1.54, 1.807) is 18.6 Å². The van der Waals surface area contributed by atoms with Gasteiger partial charge in [0.05, 0.1) is 24.0 Å². The highest BCUT2D eigenvalue weighted by molar-refractivity contribution is 5.95. The van der Waals surface area contributed by atoms with Crippen molar-refractivity contribution >= 4 is 5.91 Å². The number of amides is 1. The molecule has 2 aromatic heterocycles. The number of benzene rings is 1. The molecule has 0 unspecified atom stereocenters. The van der Waals surface area contributed by atoms with Crippen LogP contribution in [0.3, 0.4) is 0 Å². The number of nitrogens with zero attached hydrogens (tertiary/aromatic N) is 3. The van der Waals surface area contributed by atoms with E-state index in [9.17, 15) is 4.79 Å². The number of carbonyl (C=O) groups is 1. The second-order valence-corrected chi connectivity index (χ2v) is 5.55. The summed E-state index contributed by atoms with van der Waals surface area (Å²) < 4.78 is 1.90. The standard InChI is InChI=1S/C19H20N4O/c1-2-18-17(19(24)21-12-16-9-6-10-20-11-16)13-22-23(18)14-15-7-4-3-5-8-15/h3-11,13H,2,12,14H2,1H3,(H,21,24). The van der Waals surface area contributed by atoms with E-state index in [4.69, 9.17) is 0 Å². The van der Waals surface area contributed by atoms with E-state index in [1.807, 2.05) is 41.9 Å². The predicted octanol–water partition coefficient (Wildman–Crippen LogP) is 2.82. The number of hydrogen-bond acceptors (Lipinski definition) is 3. The molecule has 3 rings (SSSR count). The van der Waals surface area contributed by atoms with Crippen LogP contribution >= 0.6 is 0 Å². The Labute approximate surface area is 141 Å². The summed E-state index contributed by atoms with van der Waals surface area (Å²) in [5.41, 5.74) is 3.72. The lowest BCUT2D eigenvalue weighted by Gasteiger charge is -2.09. The van der Waals surface area contributed by atoms with Crippen molar-refractivity contribution in [1.29, 1.82) is 0 Å². The average Bonchev–Trinajstić information content (AvgIpc) is 3.04. The van der Waals surface area contributed by atoms with E-state index in [1.165, 1.54) is 0 Å². The molecule has 1 aromatic carbocycles. The molecule has 2 heterocycles. The van der Waals surface area contributed by atoms with Gasteiger partial charge in [0.15, 0.2) is 0 Å². The first kappa shape index (κ1) is 15.9. The topological polar surface area (TPSA) is 59.8 Å². The molecule has 5 heteroatoms. The Morgan fingerprint density at radius 1 is 1.08 bits per heavy atom. The summed E-state index contributed by atoms with van der Waals surface area (Å²) in [4.78, 5) is 16.5. The first-order chi connectivity index (χ1) is 11.8. The van der Waals surface area contributed by atoms with Gasteiger partial charge < -0.3 is 5.32 Å². The Kier molecular flexibility index (Phi) is 5.01. The monoisotopic (exact) mass is 320 g/mol. The van der Waals surface area contributed by atoms with Crippen LogP contribution in [0.2, 0.25) is 0 Å². The van der Waals surface area contributed by atoms with E-state index < -0.39 is 0 Å². The van der Waals surface area contributed by atoms with E-state index in [2.05, 4.69) is 27.5 Å². The van der Waals surface area contributed by atoms with Gasteiger partial charge in [0.2, 0.25) is 0 Å². The first-order valence-electron chi connectivity index (χ1n) is 8.03. The summed E-state index contributed by atoms with van der Waals surface area (Å²) in [6.07, 6.45) is 5.87. The smallest absolute Gasteiger partial charge is 0.255 e. The average molecular weight is 320 g/mol. The van der Waals surface area contributed by atoms with Crippen molar-refractivity contribution in [3.63, 3.8) is 0 Å². The molecule has 0 saturated carbocycles. The molecule has 1 amide bonds. The van der Waals surface area contributed by atoms with Crippen LogP contribution in [0, 0.1) is 0 Å². The summed E-state index contributed by atoms with van der Waals surface area (Å²) >= 11 is 0. The van der Waals surface area contributed by atoms with Gasteiger partial charge in [-0.15, -0.1) is 0 Å². The fourth-order valence-corrected chi connectivity index (χ4v) is 2.65. The van der Waals surface area contributed by atoms with Gasteiger partial charge in [0.25, 0.3) is 5.91 Å². The molecule has 0 aliphatic heterocycles. The van der Waals surface area contributed by atoms with Crippen LogP contribution in [0.4, 0.5) is 0 Å². The third-order valence-corrected chi connectivity index (χ3v) is 3.88. The third kappa shape index (κ3) is 3.68. The largest absolute Gasteiger partial charge is 0.348 e. The van der Waals surface area contributed by atoms with Crippen molar-refractivity contribution in [3.05, 3.63) is 83.4 Å². The van der Waals surface area contributed by atoms with E-state index in [0.29, 0.717) is 18.7 Å². The van der Waals surface area contributed by atoms with Crippen LogP contribution in [0.5, 0.6) is 0 Å². The molecule has 0 radical (unpaired) electrons. The Balaban J connectivity index is 1.72. The van der Waals surface area contributed by atoms with E-state index in [-0.39, 0.29) is 5.91 Å². The number of pyridine rings is 1. The Morgan fingerprint density at radius 2 is 1.88 bits per heavy atom. The maximum Gasteiger partial charge on any atom is 0.255 e. The van der Waals surface area contributed by atoms with E-state index >= 15 is 0 Å². The van der Waals surface area contributed by atoms with Crippen molar-refractivity contribution in [2.45, 2.75) is 26.4 Å². The summed E-state index contributed by atoms with van der Waals surface area (Å²) in [5.74, 6) is -0.102. The van der Waals surface area contributed by atoms with Crippen molar-refractivity contribution in [1.82, 2.24) is 20.1 Å². The summed E-state index contributed by atoms with van der Waals surface area (Å²) in [6, 6.07) is 13.9. The highest BCUT2D eigenvalue weighted by Crippen LogP contribution is 2.12. The van der Waals surface area contributed by atoms with Gasteiger partial charge in [-0.3, -0.25) is 14.5 Å². The third-order valence-electron chi connectivity index (χ3n) is 3.88. The molecule has 5 nitrogen and oxygen atoms in total. The molecule has 24 heavy (non-hydrogen) atoms. The van der Waals surface area contributed by atoms with Gasteiger partial charge in [-0.25, -0.2) is 0 Å². The minimum Gasteiger partial charge on any atom is -0.348 e. The molecule has 0 atom stereocenters. The molecule has 0 aliphatic carbocycles. The summed E-state index contributed by atoms with van der Waals surface area (Å²) in [5, 5.41) is 7.34. The Morgan fingerprint density at radius 3 is 2.58 bits per heavy atom. The zero-order valence-electron chi connectivity index (χ0n) is 13.6.